The number of nitrogens with zero attached hydrogens (tertiary/aromatic N) is 3. The normalized spacial score (nSPS) is 12.1. The quantitative estimate of drug-likeness (QED) is 0.0865. The maximum absolute atomic E-state index is 14.2. The highest BCUT2D eigenvalue weighted by atomic mass is 16.5. The van der Waals surface area contributed by atoms with Gasteiger partial charge in [-0.2, -0.15) is 0 Å². The van der Waals surface area contributed by atoms with E-state index >= 15 is 0 Å². The summed E-state index contributed by atoms with van der Waals surface area (Å²) in [6.07, 6.45) is 12.8. The van der Waals surface area contributed by atoms with Crippen molar-refractivity contribution in [1.82, 2.24) is 13.7 Å². The van der Waals surface area contributed by atoms with E-state index in [9.17, 15) is 19.2 Å². The molecule has 8 heteroatoms. The molecular weight excluding hydrogens is 699 g/mol. The van der Waals surface area contributed by atoms with E-state index in [0.29, 0.717) is 52.0 Å². The Bertz CT molecular complexity index is 2700. The number of pyridine rings is 2. The number of fused-ring (bicyclic) bond motifs is 1. The molecule has 0 saturated heterocycles. The zero-order chi connectivity index (χ0) is 38.9. The van der Waals surface area contributed by atoms with Crippen LogP contribution in [-0.2, 0) is 19.6 Å². The standard InChI is InChI=1S/C48H51N3O5/c1-4-6-8-10-12-14-28-49-45(52)35-22-20-33-34-21-23-36-42-38(48(55)50(46(36)53)29-15-13-11-9-7-5-2)25-27-40(44(34)42)51(30-31-16-18-32(56-3)19-17-31)39-26-24-37(47(49)54)41(35)43(33)39/h16-27H,4-15,28-30H2,1-3H3. The van der Waals surface area contributed by atoms with Crippen LogP contribution in [0, 0.1) is 0 Å². The monoisotopic (exact) mass is 749 g/mol. The molecule has 8 nitrogen and oxygen atoms in total. The third-order valence-electron chi connectivity index (χ3n) is 12.0. The van der Waals surface area contributed by atoms with Crippen LogP contribution in [0.1, 0.15) is 96.5 Å². The number of hydrogen-bond acceptors (Lipinski definition) is 5. The number of ether oxygens (including phenoxy) is 1. The number of unbranched alkanes of at least 4 members (excludes halogenated alkanes) is 10. The number of methoxy groups -OCH3 is 1. The third kappa shape index (κ3) is 6.43. The Kier molecular flexibility index (Phi) is 10.6. The molecule has 0 N–H and O–H groups in total. The number of rotatable bonds is 17. The maximum Gasteiger partial charge on any atom is 0.261 e. The molecule has 3 aromatic heterocycles. The fraction of sp³-hybridized carbons (Fsp3) is 0.375. The van der Waals surface area contributed by atoms with Gasteiger partial charge in [0.2, 0.25) is 0 Å². The van der Waals surface area contributed by atoms with Gasteiger partial charge in [-0.15, -0.1) is 0 Å². The van der Waals surface area contributed by atoms with E-state index in [1.807, 2.05) is 72.8 Å². The van der Waals surface area contributed by atoms with Gasteiger partial charge < -0.3 is 9.30 Å². The van der Waals surface area contributed by atoms with Gasteiger partial charge in [-0.25, -0.2) is 0 Å². The number of hydrogen-bond donors (Lipinski definition) is 0. The van der Waals surface area contributed by atoms with Gasteiger partial charge >= 0.3 is 0 Å². The van der Waals surface area contributed by atoms with Crippen LogP contribution in [0.2, 0.25) is 0 Å². The number of benzene rings is 5. The predicted octanol–water partition coefficient (Wildman–Crippen LogP) is 10.1. The van der Waals surface area contributed by atoms with Gasteiger partial charge in [-0.3, -0.25) is 28.3 Å². The molecule has 0 amide bonds. The van der Waals surface area contributed by atoms with Gasteiger partial charge in [0, 0.05) is 62.7 Å². The zero-order valence-corrected chi connectivity index (χ0v) is 32.9. The fourth-order valence-electron chi connectivity index (χ4n) is 9.05. The first kappa shape index (κ1) is 37.4. The van der Waals surface area contributed by atoms with Gasteiger partial charge in [0.15, 0.2) is 0 Å². The zero-order valence-electron chi connectivity index (χ0n) is 32.9. The highest BCUT2D eigenvalue weighted by Gasteiger charge is 2.23. The number of aromatic nitrogens is 3. The lowest BCUT2D eigenvalue weighted by Gasteiger charge is -2.16. The van der Waals surface area contributed by atoms with Gasteiger partial charge in [-0.05, 0) is 77.7 Å². The summed E-state index contributed by atoms with van der Waals surface area (Å²) in [7, 11) is 1.64. The van der Waals surface area contributed by atoms with E-state index in [1.165, 1.54) is 34.8 Å². The molecule has 0 spiro atoms. The molecule has 3 heterocycles. The topological polar surface area (TPSA) is 92.3 Å². The Morgan fingerprint density at radius 2 is 0.786 bits per heavy atom. The van der Waals surface area contributed by atoms with Crippen molar-refractivity contribution >= 4 is 64.9 Å². The summed E-state index contributed by atoms with van der Waals surface area (Å²) in [5, 5.41) is 6.76. The summed E-state index contributed by atoms with van der Waals surface area (Å²) in [5.74, 6) is 0.752. The minimum atomic E-state index is -0.262. The van der Waals surface area contributed by atoms with Crippen molar-refractivity contribution in [2.75, 3.05) is 7.11 Å². The lowest BCUT2D eigenvalue weighted by molar-refractivity contribution is 0.414. The van der Waals surface area contributed by atoms with Crippen molar-refractivity contribution in [1.29, 1.82) is 0 Å². The first-order valence-electron chi connectivity index (χ1n) is 20.7. The Balaban J connectivity index is 1.39. The molecule has 5 aromatic carbocycles. The average molecular weight is 750 g/mol. The first-order valence-corrected chi connectivity index (χ1v) is 20.7. The van der Waals surface area contributed by atoms with Gasteiger partial charge in [-0.1, -0.05) is 102 Å². The van der Waals surface area contributed by atoms with Crippen molar-refractivity contribution in [3.05, 3.63) is 120 Å². The van der Waals surface area contributed by atoms with Gasteiger partial charge in [0.1, 0.15) is 5.75 Å². The average Bonchev–Trinajstić information content (AvgIpc) is 3.33. The molecule has 0 aliphatic rings. The Labute approximate surface area is 325 Å². The minimum Gasteiger partial charge on any atom is -0.497 e. The van der Waals surface area contributed by atoms with Crippen molar-refractivity contribution in [3.8, 4) is 5.75 Å². The molecule has 0 radical (unpaired) electrons. The van der Waals surface area contributed by atoms with Gasteiger partial charge in [0.05, 0.1) is 18.1 Å². The van der Waals surface area contributed by atoms with E-state index in [0.717, 1.165) is 95.3 Å². The van der Waals surface area contributed by atoms with E-state index in [2.05, 4.69) is 18.4 Å². The van der Waals surface area contributed by atoms with Crippen LogP contribution in [0.25, 0.3) is 64.9 Å². The molecule has 8 rings (SSSR count). The van der Waals surface area contributed by atoms with Crippen LogP contribution in [-0.4, -0.2) is 20.8 Å². The first-order chi connectivity index (χ1) is 27.4. The fourth-order valence-corrected chi connectivity index (χ4v) is 9.05. The molecule has 0 atom stereocenters. The molecule has 8 aromatic rings. The Morgan fingerprint density at radius 3 is 1.20 bits per heavy atom. The maximum atomic E-state index is 14.2. The second kappa shape index (κ2) is 15.9. The smallest absolute Gasteiger partial charge is 0.261 e. The van der Waals surface area contributed by atoms with E-state index in [4.69, 9.17) is 4.74 Å². The van der Waals surface area contributed by atoms with Crippen LogP contribution < -0.4 is 27.0 Å². The van der Waals surface area contributed by atoms with Crippen molar-refractivity contribution in [3.63, 3.8) is 0 Å². The lowest BCUT2D eigenvalue weighted by Crippen LogP contribution is -2.33. The van der Waals surface area contributed by atoms with Crippen LogP contribution in [0.15, 0.2) is 92.0 Å². The SMILES string of the molecule is CCCCCCCCn1c(=O)c2ccc3c4ccc5c(=O)n(CCCCCCCC)c(=O)c6ccc(c4c56)n(Cc4ccc(OC)cc4)c4ccc(c1=O)c2c34. The summed E-state index contributed by atoms with van der Waals surface area (Å²) >= 11 is 0. The predicted molar refractivity (Wildman–Crippen MR) is 232 cm³/mol. The van der Waals surface area contributed by atoms with E-state index in [1.54, 1.807) is 7.11 Å². The van der Waals surface area contributed by atoms with Crippen LogP contribution in [0.4, 0.5) is 0 Å². The Morgan fingerprint density at radius 1 is 0.411 bits per heavy atom. The second-order valence-electron chi connectivity index (χ2n) is 15.6. The summed E-state index contributed by atoms with van der Waals surface area (Å²) < 4.78 is 10.5. The lowest BCUT2D eigenvalue weighted by atomic mass is 9.94. The summed E-state index contributed by atoms with van der Waals surface area (Å²) in [6.45, 7) is 5.63. The van der Waals surface area contributed by atoms with E-state index < -0.39 is 0 Å². The van der Waals surface area contributed by atoms with Crippen LogP contribution >= 0.6 is 0 Å². The summed E-state index contributed by atoms with van der Waals surface area (Å²) in [5.41, 5.74) is 1.68. The molecule has 0 saturated carbocycles. The summed E-state index contributed by atoms with van der Waals surface area (Å²) in [6, 6.07) is 23.4. The molecular formula is C48H51N3O5. The van der Waals surface area contributed by atoms with Crippen molar-refractivity contribution in [2.45, 2.75) is 111 Å². The van der Waals surface area contributed by atoms with Crippen LogP contribution in [0.3, 0.4) is 0 Å². The molecule has 0 unspecified atom stereocenters. The molecule has 0 bridgehead atoms. The molecule has 0 fully saturated rings. The minimum absolute atomic E-state index is 0.262. The van der Waals surface area contributed by atoms with Gasteiger partial charge in [0.25, 0.3) is 22.2 Å². The largest absolute Gasteiger partial charge is 0.497 e. The molecule has 0 aliphatic carbocycles. The van der Waals surface area contributed by atoms with Crippen molar-refractivity contribution < 1.29 is 4.74 Å². The van der Waals surface area contributed by atoms with Crippen molar-refractivity contribution in [2.24, 2.45) is 0 Å². The van der Waals surface area contributed by atoms with Crippen LogP contribution in [0.5, 0.6) is 5.75 Å². The third-order valence-corrected chi connectivity index (χ3v) is 12.0. The van der Waals surface area contributed by atoms with E-state index in [-0.39, 0.29) is 22.2 Å². The molecule has 0 aliphatic heterocycles. The Hall–Kier alpha value is -5.50. The summed E-state index contributed by atoms with van der Waals surface area (Å²) in [4.78, 5) is 56.9. The second-order valence-corrected chi connectivity index (χ2v) is 15.6. The highest BCUT2D eigenvalue weighted by Crippen LogP contribution is 2.41. The molecule has 288 valence electrons. The highest BCUT2D eigenvalue weighted by molar-refractivity contribution is 6.32. The molecule has 56 heavy (non-hydrogen) atoms.